The van der Waals surface area contributed by atoms with Crippen LogP contribution in [0.5, 0.6) is 5.75 Å². The molecule has 124 valence electrons. The molecule has 1 aromatic carbocycles. The van der Waals surface area contributed by atoms with Crippen LogP contribution in [-0.2, 0) is 11.2 Å². The van der Waals surface area contributed by atoms with Gasteiger partial charge in [-0.25, -0.2) is 0 Å². The van der Waals surface area contributed by atoms with Gasteiger partial charge in [0.15, 0.2) is 0 Å². The van der Waals surface area contributed by atoms with Crippen LogP contribution in [0.25, 0.3) is 0 Å². The molecule has 0 aliphatic heterocycles. The van der Waals surface area contributed by atoms with Crippen LogP contribution in [0.4, 0.5) is 0 Å². The second kappa shape index (κ2) is 7.66. The number of carbonyl (C=O) groups is 1. The minimum atomic E-state index is -0.196. The SMILES string of the molecule is CCc1ccc(OCCC(=O)NC(C)(C)CC(C)(C)C)cc1. The Balaban J connectivity index is 2.36. The molecule has 0 atom stereocenters. The summed E-state index contributed by atoms with van der Waals surface area (Å²) >= 11 is 0. The topological polar surface area (TPSA) is 38.3 Å². The molecule has 1 aromatic rings. The number of rotatable bonds is 7. The Morgan fingerprint density at radius 2 is 1.68 bits per heavy atom. The highest BCUT2D eigenvalue weighted by Gasteiger charge is 2.26. The standard InChI is InChI=1S/C19H31NO2/c1-7-15-8-10-16(11-9-15)22-13-12-17(21)20-19(5,6)14-18(2,3)4/h8-11H,7,12-14H2,1-6H3,(H,20,21). The molecule has 1 rings (SSSR count). The van der Waals surface area contributed by atoms with E-state index in [9.17, 15) is 4.79 Å². The predicted octanol–water partition coefficient (Wildman–Crippen LogP) is 4.35. The fourth-order valence-corrected chi connectivity index (χ4v) is 2.89. The molecular weight excluding hydrogens is 274 g/mol. The minimum Gasteiger partial charge on any atom is -0.493 e. The summed E-state index contributed by atoms with van der Waals surface area (Å²) in [6, 6.07) is 8.03. The first kappa shape index (κ1) is 18.5. The summed E-state index contributed by atoms with van der Waals surface area (Å²) in [6.07, 6.45) is 2.33. The van der Waals surface area contributed by atoms with E-state index in [-0.39, 0.29) is 16.9 Å². The van der Waals surface area contributed by atoms with Crippen LogP contribution in [0.3, 0.4) is 0 Å². The molecule has 0 aliphatic carbocycles. The van der Waals surface area contributed by atoms with Gasteiger partial charge in [-0.2, -0.15) is 0 Å². The average molecular weight is 305 g/mol. The Kier molecular flexibility index (Phi) is 6.46. The van der Waals surface area contributed by atoms with Crippen molar-refractivity contribution in [3.05, 3.63) is 29.8 Å². The van der Waals surface area contributed by atoms with Gasteiger partial charge in [-0.1, -0.05) is 39.8 Å². The van der Waals surface area contributed by atoms with Crippen molar-refractivity contribution in [1.29, 1.82) is 0 Å². The molecule has 0 aromatic heterocycles. The maximum Gasteiger partial charge on any atom is 0.223 e. The van der Waals surface area contributed by atoms with E-state index in [1.165, 1.54) is 5.56 Å². The Bertz CT molecular complexity index is 469. The Morgan fingerprint density at radius 1 is 1.09 bits per heavy atom. The van der Waals surface area contributed by atoms with Crippen molar-refractivity contribution in [3.63, 3.8) is 0 Å². The van der Waals surface area contributed by atoms with Crippen molar-refractivity contribution in [2.24, 2.45) is 5.41 Å². The van der Waals surface area contributed by atoms with Gasteiger partial charge in [0.2, 0.25) is 5.91 Å². The normalized spacial score (nSPS) is 12.1. The third-order valence-corrected chi connectivity index (χ3v) is 3.38. The number of ether oxygens (including phenoxy) is 1. The zero-order valence-corrected chi connectivity index (χ0v) is 15.0. The maximum atomic E-state index is 12.0. The Morgan fingerprint density at radius 3 is 2.18 bits per heavy atom. The molecule has 0 unspecified atom stereocenters. The molecule has 0 fully saturated rings. The molecular formula is C19H31NO2. The predicted molar refractivity (Wildman–Crippen MR) is 92.2 cm³/mol. The van der Waals surface area contributed by atoms with Crippen LogP contribution in [0.15, 0.2) is 24.3 Å². The highest BCUT2D eigenvalue weighted by molar-refractivity contribution is 5.76. The number of nitrogens with one attached hydrogen (secondary N) is 1. The van der Waals surface area contributed by atoms with E-state index < -0.39 is 0 Å². The summed E-state index contributed by atoms with van der Waals surface area (Å²) in [5, 5.41) is 3.10. The Hall–Kier alpha value is -1.51. The smallest absolute Gasteiger partial charge is 0.223 e. The van der Waals surface area contributed by atoms with E-state index >= 15 is 0 Å². The third kappa shape index (κ3) is 7.48. The molecule has 1 amide bonds. The second-order valence-electron chi connectivity index (χ2n) is 7.77. The summed E-state index contributed by atoms with van der Waals surface area (Å²) in [4.78, 5) is 12.0. The van der Waals surface area contributed by atoms with Gasteiger partial charge < -0.3 is 10.1 Å². The van der Waals surface area contributed by atoms with Crippen LogP contribution >= 0.6 is 0 Å². The van der Waals surface area contributed by atoms with Crippen molar-refractivity contribution < 1.29 is 9.53 Å². The first-order chi connectivity index (χ1) is 10.1. The van der Waals surface area contributed by atoms with Gasteiger partial charge in [-0.05, 0) is 49.8 Å². The highest BCUT2D eigenvalue weighted by atomic mass is 16.5. The lowest BCUT2D eigenvalue weighted by atomic mass is 9.82. The van der Waals surface area contributed by atoms with Gasteiger partial charge >= 0.3 is 0 Å². The van der Waals surface area contributed by atoms with E-state index in [4.69, 9.17) is 4.74 Å². The molecule has 0 bridgehead atoms. The molecule has 1 N–H and O–H groups in total. The molecule has 0 radical (unpaired) electrons. The van der Waals surface area contributed by atoms with Gasteiger partial charge in [0.1, 0.15) is 5.75 Å². The summed E-state index contributed by atoms with van der Waals surface area (Å²) in [5.41, 5.74) is 1.28. The lowest BCUT2D eigenvalue weighted by Crippen LogP contribution is -2.46. The molecule has 3 nitrogen and oxygen atoms in total. The van der Waals surface area contributed by atoms with E-state index in [0.29, 0.717) is 13.0 Å². The van der Waals surface area contributed by atoms with Crippen molar-refractivity contribution in [3.8, 4) is 5.75 Å². The van der Waals surface area contributed by atoms with Crippen LogP contribution in [-0.4, -0.2) is 18.1 Å². The zero-order valence-electron chi connectivity index (χ0n) is 15.0. The van der Waals surface area contributed by atoms with Crippen molar-refractivity contribution in [2.75, 3.05) is 6.61 Å². The van der Waals surface area contributed by atoms with Gasteiger partial charge in [-0.3, -0.25) is 4.79 Å². The fraction of sp³-hybridized carbons (Fsp3) is 0.632. The first-order valence-corrected chi connectivity index (χ1v) is 8.14. The summed E-state index contributed by atoms with van der Waals surface area (Å²) in [5.74, 6) is 0.860. The summed E-state index contributed by atoms with van der Waals surface area (Å²) in [7, 11) is 0. The first-order valence-electron chi connectivity index (χ1n) is 8.14. The molecule has 0 heterocycles. The average Bonchev–Trinajstić information content (AvgIpc) is 2.35. The highest BCUT2D eigenvalue weighted by Crippen LogP contribution is 2.26. The monoisotopic (exact) mass is 305 g/mol. The molecule has 22 heavy (non-hydrogen) atoms. The van der Waals surface area contributed by atoms with Crippen LogP contribution in [0, 0.1) is 5.41 Å². The zero-order chi connectivity index (χ0) is 16.8. The van der Waals surface area contributed by atoms with Gasteiger partial charge in [-0.15, -0.1) is 0 Å². The van der Waals surface area contributed by atoms with Crippen molar-refractivity contribution in [1.82, 2.24) is 5.32 Å². The van der Waals surface area contributed by atoms with Gasteiger partial charge in [0, 0.05) is 5.54 Å². The fourth-order valence-electron chi connectivity index (χ4n) is 2.89. The second-order valence-corrected chi connectivity index (χ2v) is 7.77. The summed E-state index contributed by atoms with van der Waals surface area (Å²) < 4.78 is 5.63. The Labute approximate surface area is 135 Å². The number of hydrogen-bond acceptors (Lipinski definition) is 2. The number of amides is 1. The number of carbonyl (C=O) groups excluding carboxylic acids is 1. The summed E-state index contributed by atoms with van der Waals surface area (Å²) in [6.45, 7) is 13.2. The lowest BCUT2D eigenvalue weighted by Gasteiger charge is -2.33. The third-order valence-electron chi connectivity index (χ3n) is 3.38. The van der Waals surface area contributed by atoms with E-state index in [1.54, 1.807) is 0 Å². The molecule has 3 heteroatoms. The maximum absolute atomic E-state index is 12.0. The van der Waals surface area contributed by atoms with E-state index in [1.807, 2.05) is 12.1 Å². The van der Waals surface area contributed by atoms with Crippen LogP contribution in [0.1, 0.15) is 59.9 Å². The van der Waals surface area contributed by atoms with E-state index in [2.05, 4.69) is 59.0 Å². The van der Waals surface area contributed by atoms with Gasteiger partial charge in [0.25, 0.3) is 0 Å². The largest absolute Gasteiger partial charge is 0.493 e. The van der Waals surface area contributed by atoms with Crippen molar-refractivity contribution >= 4 is 5.91 Å². The molecule has 0 saturated carbocycles. The number of aryl methyl sites for hydroxylation is 1. The van der Waals surface area contributed by atoms with Gasteiger partial charge in [0.05, 0.1) is 13.0 Å². The number of hydrogen-bond donors (Lipinski definition) is 1. The minimum absolute atomic E-state index is 0.0411. The quantitative estimate of drug-likeness (QED) is 0.813. The number of benzene rings is 1. The van der Waals surface area contributed by atoms with Crippen LogP contribution in [0.2, 0.25) is 0 Å². The molecule has 0 spiro atoms. The lowest BCUT2D eigenvalue weighted by molar-refractivity contribution is -0.123. The molecule has 0 aliphatic rings. The van der Waals surface area contributed by atoms with Crippen molar-refractivity contribution in [2.45, 2.75) is 66.3 Å². The van der Waals surface area contributed by atoms with E-state index in [0.717, 1.165) is 18.6 Å². The van der Waals surface area contributed by atoms with Crippen LogP contribution < -0.4 is 10.1 Å². The molecule has 0 saturated heterocycles.